The van der Waals surface area contributed by atoms with Gasteiger partial charge in [-0.2, -0.15) is 0 Å². The molecule has 1 heteroatoms. The molecule has 0 fully saturated rings. The summed E-state index contributed by atoms with van der Waals surface area (Å²) in [4.78, 5) is 0. The Kier molecular flexibility index (Phi) is 2.99. The Bertz CT molecular complexity index is 711. The molecule has 0 N–H and O–H groups in total. The Hall–Kier alpha value is -1.91. The monoisotopic (exact) mass is 279 g/mol. The van der Waals surface area contributed by atoms with Gasteiger partial charge < -0.3 is 0 Å². The number of rotatable bonds is 3. The van der Waals surface area contributed by atoms with E-state index in [1.807, 2.05) is 48.5 Å². The molecule has 0 heterocycles. The Morgan fingerprint density at radius 1 is 0.600 bits per heavy atom. The molecular weight excluding hydrogens is 259 g/mol. The summed E-state index contributed by atoms with van der Waals surface area (Å²) in [6, 6.07) is 28.1. The highest BCUT2D eigenvalue weighted by Gasteiger charge is 2.15. The fourth-order valence-electron chi connectivity index (χ4n) is 2.21. The number of hydrogen-bond acceptors (Lipinski definition) is 0. The second kappa shape index (κ2) is 6.03. The largest absolute Gasteiger partial charge is 0.0622 e. The van der Waals surface area contributed by atoms with Crippen LogP contribution in [0.15, 0.2) is 84.9 Å². The van der Waals surface area contributed by atoms with Crippen molar-refractivity contribution >= 4 is 23.8 Å². The first-order valence-electron chi connectivity index (χ1n) is 8.06. The van der Waals surface area contributed by atoms with Crippen molar-refractivity contribution in [1.29, 1.82) is 0 Å². The zero-order valence-electron chi connectivity index (χ0n) is 14.0. The van der Waals surface area contributed by atoms with Crippen LogP contribution in [0.25, 0.3) is 0 Å². The summed E-state index contributed by atoms with van der Waals surface area (Å²) in [6.07, 6.45) is 0. The van der Waals surface area contributed by atoms with Crippen molar-refractivity contribution in [3.05, 3.63) is 90.5 Å². The molecule has 3 aromatic rings. The van der Waals surface area contributed by atoms with Crippen LogP contribution in [-0.4, -0.2) is 0 Å². The first kappa shape index (κ1) is 9.91. The van der Waals surface area contributed by atoms with Crippen LogP contribution >= 0.6 is 7.92 Å². The minimum atomic E-state index is -2.05. The van der Waals surface area contributed by atoms with E-state index in [1.54, 1.807) is 12.1 Å². The maximum absolute atomic E-state index is 7.52. The minimum Gasteiger partial charge on any atom is -0.0622 e. The van der Waals surface area contributed by atoms with Crippen molar-refractivity contribution in [3.8, 4) is 0 Å². The predicted octanol–water partition coefficient (Wildman–Crippen LogP) is 3.75. The summed E-state index contributed by atoms with van der Waals surface area (Å²) in [5, 5.41) is 3.68. The van der Waals surface area contributed by atoms with Gasteiger partial charge in [-0.05, 0) is 30.7 Å². The third-order valence-corrected chi connectivity index (χ3v) is 5.60. The summed E-state index contributed by atoms with van der Waals surface area (Å²) < 4.78 is 22.6. The SMILES string of the molecule is [2H]C([2H])([2H])c1ccc(P(c2ccccc2)c2ccccc2)cc1. The molecule has 0 nitrogen and oxygen atoms in total. The second-order valence-corrected chi connectivity index (χ2v) is 6.77. The third-order valence-electron chi connectivity index (χ3n) is 3.15. The van der Waals surface area contributed by atoms with Gasteiger partial charge in [0.25, 0.3) is 0 Å². The Balaban J connectivity index is 2.06. The zero-order chi connectivity index (χ0) is 16.3. The van der Waals surface area contributed by atoms with Crippen LogP contribution in [0, 0.1) is 6.85 Å². The van der Waals surface area contributed by atoms with E-state index in [2.05, 4.69) is 24.3 Å². The van der Waals surface area contributed by atoms with Crippen molar-refractivity contribution in [1.82, 2.24) is 0 Å². The van der Waals surface area contributed by atoms with E-state index in [9.17, 15) is 0 Å². The van der Waals surface area contributed by atoms with E-state index >= 15 is 0 Å². The fraction of sp³-hybridized carbons (Fsp3) is 0.0526. The van der Waals surface area contributed by atoms with Crippen LogP contribution in [0.3, 0.4) is 0 Å². The Labute approximate surface area is 126 Å². The number of benzene rings is 3. The lowest BCUT2D eigenvalue weighted by Crippen LogP contribution is -2.20. The van der Waals surface area contributed by atoms with Gasteiger partial charge in [0, 0.05) is 4.11 Å². The molecule has 0 spiro atoms. The normalized spacial score (nSPS) is 13.6. The molecule has 0 saturated heterocycles. The summed E-state index contributed by atoms with van der Waals surface area (Å²) in [6.45, 7) is -2.05. The lowest BCUT2D eigenvalue weighted by atomic mass is 10.2. The summed E-state index contributed by atoms with van der Waals surface area (Å²) in [7, 11) is -0.678. The quantitative estimate of drug-likeness (QED) is 0.640. The van der Waals surface area contributed by atoms with Crippen LogP contribution in [0.5, 0.6) is 0 Å². The highest BCUT2D eigenvalue weighted by molar-refractivity contribution is 7.79. The molecule has 0 aliphatic heterocycles. The summed E-state index contributed by atoms with van der Waals surface area (Å²) in [5.41, 5.74) is 0.386. The van der Waals surface area contributed by atoms with Gasteiger partial charge in [0.05, 0.1) is 0 Å². The van der Waals surface area contributed by atoms with Crippen LogP contribution in [0.2, 0.25) is 0 Å². The standard InChI is InChI=1S/C19H17P/c1-16-12-14-19(15-13-16)20(17-8-4-2-5-9-17)18-10-6-3-7-11-18/h2-15H,1H3/i1D3. The summed E-state index contributed by atoms with van der Waals surface area (Å²) in [5.74, 6) is 0. The van der Waals surface area contributed by atoms with E-state index in [1.165, 1.54) is 10.6 Å². The maximum Gasteiger partial charge on any atom is 0.0280 e. The maximum atomic E-state index is 7.52. The molecule has 0 radical (unpaired) electrons. The zero-order valence-corrected chi connectivity index (χ0v) is 11.9. The van der Waals surface area contributed by atoms with E-state index in [0.717, 1.165) is 5.30 Å². The van der Waals surface area contributed by atoms with Gasteiger partial charge in [0.2, 0.25) is 0 Å². The molecule has 3 rings (SSSR count). The number of hydrogen-bond donors (Lipinski definition) is 0. The molecular formula is C19H17P. The molecule has 0 saturated carbocycles. The molecule has 0 atom stereocenters. The third kappa shape index (κ3) is 2.81. The second-order valence-electron chi connectivity index (χ2n) is 4.55. The van der Waals surface area contributed by atoms with Crippen LogP contribution < -0.4 is 15.9 Å². The highest BCUT2D eigenvalue weighted by atomic mass is 31.1. The van der Waals surface area contributed by atoms with Crippen molar-refractivity contribution in [2.45, 2.75) is 6.85 Å². The lowest BCUT2D eigenvalue weighted by Gasteiger charge is -2.19. The molecule has 0 aromatic heterocycles. The molecule has 0 aliphatic rings. The Morgan fingerprint density at radius 2 is 1.05 bits per heavy atom. The average Bonchev–Trinajstić information content (AvgIpc) is 2.57. The molecule has 0 unspecified atom stereocenters. The average molecular weight is 279 g/mol. The van der Waals surface area contributed by atoms with Gasteiger partial charge >= 0.3 is 0 Å². The molecule has 98 valence electrons. The Morgan fingerprint density at radius 3 is 1.50 bits per heavy atom. The van der Waals surface area contributed by atoms with Gasteiger partial charge in [-0.25, -0.2) is 0 Å². The van der Waals surface area contributed by atoms with Gasteiger partial charge in [-0.3, -0.25) is 0 Å². The van der Waals surface area contributed by atoms with Gasteiger partial charge in [0.15, 0.2) is 0 Å². The van der Waals surface area contributed by atoms with Crippen LogP contribution in [0.4, 0.5) is 0 Å². The van der Waals surface area contributed by atoms with E-state index < -0.39 is 14.8 Å². The van der Waals surface area contributed by atoms with Crippen molar-refractivity contribution in [2.75, 3.05) is 0 Å². The van der Waals surface area contributed by atoms with Crippen LogP contribution in [0.1, 0.15) is 9.68 Å². The van der Waals surface area contributed by atoms with Crippen LogP contribution in [-0.2, 0) is 0 Å². The van der Waals surface area contributed by atoms with E-state index in [4.69, 9.17) is 4.11 Å². The van der Waals surface area contributed by atoms with Crippen molar-refractivity contribution in [3.63, 3.8) is 0 Å². The molecule has 0 amide bonds. The predicted molar refractivity (Wildman–Crippen MR) is 89.9 cm³/mol. The van der Waals surface area contributed by atoms with Gasteiger partial charge in [-0.1, -0.05) is 90.5 Å². The molecule has 20 heavy (non-hydrogen) atoms. The van der Waals surface area contributed by atoms with Crippen molar-refractivity contribution in [2.24, 2.45) is 0 Å². The first-order chi connectivity index (χ1) is 11.1. The van der Waals surface area contributed by atoms with E-state index in [0.29, 0.717) is 5.56 Å². The molecule has 0 aliphatic carbocycles. The minimum absolute atomic E-state index is 0.386. The molecule has 3 aromatic carbocycles. The van der Waals surface area contributed by atoms with Gasteiger partial charge in [0.1, 0.15) is 0 Å². The highest BCUT2D eigenvalue weighted by Crippen LogP contribution is 2.32. The smallest absolute Gasteiger partial charge is 0.0280 e. The lowest BCUT2D eigenvalue weighted by molar-refractivity contribution is 1.49. The first-order valence-corrected chi connectivity index (χ1v) is 7.91. The summed E-state index contributed by atoms with van der Waals surface area (Å²) >= 11 is 0. The fourth-order valence-corrected chi connectivity index (χ4v) is 4.49. The topological polar surface area (TPSA) is 0 Å². The van der Waals surface area contributed by atoms with Crippen molar-refractivity contribution < 1.29 is 4.11 Å². The number of aryl methyl sites for hydroxylation is 1. The van der Waals surface area contributed by atoms with Gasteiger partial charge in [-0.15, -0.1) is 0 Å². The molecule has 0 bridgehead atoms. The van der Waals surface area contributed by atoms with E-state index in [-0.39, 0.29) is 0 Å².